The van der Waals surface area contributed by atoms with Crippen LogP contribution >= 0.6 is 11.6 Å². The van der Waals surface area contributed by atoms with Crippen LogP contribution in [-0.4, -0.2) is 63.5 Å². The third-order valence-electron chi connectivity index (χ3n) is 8.85. The molecule has 0 saturated carbocycles. The minimum atomic E-state index is -2.35. The number of carbonyl (C=O) groups is 1. The number of anilines is 1. The molecule has 2 aliphatic rings. The van der Waals surface area contributed by atoms with Gasteiger partial charge in [0.05, 0.1) is 33.7 Å². The molecule has 0 unspecified atom stereocenters. The van der Waals surface area contributed by atoms with E-state index in [1.54, 1.807) is 43.7 Å². The van der Waals surface area contributed by atoms with E-state index in [9.17, 15) is 28.0 Å². The largest absolute Gasteiger partial charge is 0.372 e. The van der Waals surface area contributed by atoms with E-state index in [0.717, 1.165) is 4.57 Å². The number of rotatable bonds is 5. The Balaban J connectivity index is 1.94. The first-order valence-electron chi connectivity index (χ1n) is 15.1. The number of nitriles is 1. The Hall–Kier alpha value is -4.70. The summed E-state index contributed by atoms with van der Waals surface area (Å²) in [4.78, 5) is 36.8. The third kappa shape index (κ3) is 5.32. The number of fused-ring (bicyclic) bond motifs is 1. The molecule has 0 bridgehead atoms. The number of amides is 1. The van der Waals surface area contributed by atoms with Gasteiger partial charge in [-0.3, -0.25) is 14.2 Å². The Bertz CT molecular complexity index is 2010. The number of hydrogen-bond donors (Lipinski definition) is 0. The summed E-state index contributed by atoms with van der Waals surface area (Å²) in [6, 6.07) is 1.95. The van der Waals surface area contributed by atoms with Crippen molar-refractivity contribution in [3.05, 3.63) is 86.6 Å². The maximum Gasteiger partial charge on any atom is 0.276 e. The molecule has 3 aromatic rings. The summed E-state index contributed by atoms with van der Waals surface area (Å²) in [6.07, 6.45) is 4.75. The minimum absolute atomic E-state index is 0.107. The highest BCUT2D eigenvalue weighted by atomic mass is 35.5. The summed E-state index contributed by atoms with van der Waals surface area (Å²) in [5, 5.41) is 10.1. The van der Waals surface area contributed by atoms with Crippen LogP contribution in [0.25, 0.3) is 28.0 Å². The smallest absolute Gasteiger partial charge is 0.276 e. The lowest BCUT2D eigenvalue weighted by Crippen LogP contribution is -2.58. The molecule has 2 aliphatic heterocycles. The zero-order chi connectivity index (χ0) is 35.5. The second kappa shape index (κ2) is 12.7. The van der Waals surface area contributed by atoms with Crippen LogP contribution in [0.4, 0.5) is 27.6 Å². The predicted octanol–water partition coefficient (Wildman–Crippen LogP) is 6.61. The molecule has 2 aromatic heterocycles. The van der Waals surface area contributed by atoms with Crippen LogP contribution in [0.3, 0.4) is 0 Å². The van der Waals surface area contributed by atoms with Crippen molar-refractivity contribution in [3.8, 4) is 17.3 Å². The van der Waals surface area contributed by atoms with Gasteiger partial charge in [0.25, 0.3) is 5.56 Å². The van der Waals surface area contributed by atoms with Gasteiger partial charge in [0.1, 0.15) is 17.3 Å². The maximum atomic E-state index is 15.2. The molecule has 1 saturated heterocycles. The van der Waals surface area contributed by atoms with Crippen molar-refractivity contribution >= 4 is 39.9 Å². The quantitative estimate of drug-likeness (QED) is 0.130. The maximum absolute atomic E-state index is 15.2. The van der Waals surface area contributed by atoms with Gasteiger partial charge in [-0.2, -0.15) is 5.26 Å². The average Bonchev–Trinajstić information content (AvgIpc) is 3.03. The Labute approximate surface area is 278 Å². The number of pyridine rings is 2. The second-order valence-electron chi connectivity index (χ2n) is 12.4. The van der Waals surface area contributed by atoms with Crippen molar-refractivity contribution < 1.29 is 26.7 Å². The SMILES string of the molecule is C=CC(=O)N1[C@H](C)CN(c2c(C#N)c(=O)n(C3=C(C)C=CN(C)[C@@H]3C(C)C)c3nc(-c4c(F)c(F)c(F)c(F)c4F)c(Cl)cc23)C[C@@H]1C. The number of carbonyl (C=O) groups excluding carboxylic acids is 1. The Morgan fingerprint density at radius 2 is 1.65 bits per heavy atom. The molecule has 0 N–H and O–H groups in total. The van der Waals surface area contributed by atoms with E-state index in [1.807, 2.05) is 31.0 Å². The monoisotopic (exact) mass is 686 g/mol. The number of piperazine rings is 1. The van der Waals surface area contributed by atoms with Crippen LogP contribution in [0.2, 0.25) is 5.02 Å². The van der Waals surface area contributed by atoms with Gasteiger partial charge in [0.2, 0.25) is 11.7 Å². The van der Waals surface area contributed by atoms with Crippen molar-refractivity contribution in [3.63, 3.8) is 0 Å². The number of allylic oxidation sites excluding steroid dienone is 2. The van der Waals surface area contributed by atoms with Crippen LogP contribution in [0, 0.1) is 46.3 Å². The summed E-state index contributed by atoms with van der Waals surface area (Å²) in [6.45, 7) is 13.0. The summed E-state index contributed by atoms with van der Waals surface area (Å²) >= 11 is 6.56. The number of halogens is 6. The molecule has 4 heterocycles. The standard InChI is InChI=1S/C34H32ClF5N6O2/c1-8-22(47)45-17(5)13-44(14-18(45)6)32-19-11-21(35)29(23-24(36)26(38)28(40)27(39)25(23)37)42-33(19)46(34(48)20(32)12-41)31-16(4)9-10-43(7)30(31)15(2)3/h8-11,15,17-18,30H,1,13-14H2,2-7H3/t17-,18+,30-/m1/s1. The molecular weight excluding hydrogens is 655 g/mol. The van der Waals surface area contributed by atoms with Crippen molar-refractivity contribution in [2.24, 2.45) is 5.92 Å². The van der Waals surface area contributed by atoms with E-state index < -0.39 is 69.1 Å². The molecule has 3 atom stereocenters. The van der Waals surface area contributed by atoms with Crippen molar-refractivity contribution in [2.45, 2.75) is 52.7 Å². The molecular formula is C34H32ClF5N6O2. The van der Waals surface area contributed by atoms with E-state index >= 15 is 8.78 Å². The highest BCUT2D eigenvalue weighted by Gasteiger charge is 2.37. The van der Waals surface area contributed by atoms with Crippen LogP contribution in [0.1, 0.15) is 40.2 Å². The predicted molar refractivity (Wildman–Crippen MR) is 174 cm³/mol. The fourth-order valence-electron chi connectivity index (χ4n) is 6.88. The van der Waals surface area contributed by atoms with Gasteiger partial charge < -0.3 is 14.7 Å². The molecule has 14 heteroatoms. The van der Waals surface area contributed by atoms with E-state index in [2.05, 4.69) is 11.6 Å². The number of nitrogens with zero attached hydrogens (tertiary/aromatic N) is 6. The average molecular weight is 687 g/mol. The van der Waals surface area contributed by atoms with Gasteiger partial charge in [-0.05, 0) is 56.7 Å². The fourth-order valence-corrected chi connectivity index (χ4v) is 7.13. The zero-order valence-corrected chi connectivity index (χ0v) is 27.8. The third-order valence-corrected chi connectivity index (χ3v) is 9.14. The molecule has 252 valence electrons. The van der Waals surface area contributed by atoms with Gasteiger partial charge in [0, 0.05) is 37.6 Å². The van der Waals surface area contributed by atoms with Crippen molar-refractivity contribution in [1.82, 2.24) is 19.4 Å². The van der Waals surface area contributed by atoms with E-state index in [4.69, 9.17) is 11.6 Å². The number of benzene rings is 1. The second-order valence-corrected chi connectivity index (χ2v) is 12.8. The van der Waals surface area contributed by atoms with Crippen LogP contribution in [0.15, 0.2) is 41.4 Å². The lowest BCUT2D eigenvalue weighted by molar-refractivity contribution is -0.130. The summed E-state index contributed by atoms with van der Waals surface area (Å²) in [7, 11) is 1.79. The van der Waals surface area contributed by atoms with Gasteiger partial charge in [0.15, 0.2) is 23.3 Å². The first-order valence-corrected chi connectivity index (χ1v) is 15.5. The minimum Gasteiger partial charge on any atom is -0.372 e. The van der Waals surface area contributed by atoms with Gasteiger partial charge >= 0.3 is 0 Å². The summed E-state index contributed by atoms with van der Waals surface area (Å²) < 4.78 is 74.4. The highest BCUT2D eigenvalue weighted by molar-refractivity contribution is 6.34. The highest BCUT2D eigenvalue weighted by Crippen LogP contribution is 2.41. The molecule has 1 amide bonds. The Morgan fingerprint density at radius 3 is 2.17 bits per heavy atom. The molecule has 1 fully saturated rings. The zero-order valence-electron chi connectivity index (χ0n) is 27.0. The molecule has 48 heavy (non-hydrogen) atoms. The first-order chi connectivity index (χ1) is 22.6. The molecule has 0 aliphatic carbocycles. The van der Waals surface area contributed by atoms with Gasteiger partial charge in [-0.1, -0.05) is 32.0 Å². The Kier molecular flexibility index (Phi) is 9.18. The molecule has 5 rings (SSSR count). The molecule has 8 nitrogen and oxygen atoms in total. The molecule has 1 aromatic carbocycles. The normalized spacial score (nSPS) is 19.8. The van der Waals surface area contributed by atoms with Crippen LogP contribution < -0.4 is 10.5 Å². The number of hydrogen-bond acceptors (Lipinski definition) is 6. The molecule has 0 spiro atoms. The van der Waals surface area contributed by atoms with E-state index in [-0.39, 0.29) is 47.2 Å². The van der Waals surface area contributed by atoms with Crippen LogP contribution in [0.5, 0.6) is 0 Å². The van der Waals surface area contributed by atoms with Gasteiger partial charge in [-0.25, -0.2) is 26.9 Å². The lowest BCUT2D eigenvalue weighted by Gasteiger charge is -2.45. The van der Waals surface area contributed by atoms with E-state index in [0.29, 0.717) is 11.3 Å². The topological polar surface area (TPSA) is 85.5 Å². The Morgan fingerprint density at radius 1 is 1.08 bits per heavy atom. The summed E-state index contributed by atoms with van der Waals surface area (Å²) in [5.74, 6) is -11.4. The van der Waals surface area contributed by atoms with Crippen molar-refractivity contribution in [2.75, 3.05) is 25.0 Å². The van der Waals surface area contributed by atoms with Crippen LogP contribution in [-0.2, 0) is 4.79 Å². The molecule has 0 radical (unpaired) electrons. The van der Waals surface area contributed by atoms with Crippen molar-refractivity contribution in [1.29, 1.82) is 5.26 Å². The van der Waals surface area contributed by atoms with E-state index in [1.165, 1.54) is 12.1 Å². The lowest BCUT2D eigenvalue weighted by atomic mass is 9.93. The fraction of sp³-hybridized carbons (Fsp3) is 0.353. The van der Waals surface area contributed by atoms with Gasteiger partial charge in [-0.15, -0.1) is 0 Å². The number of aromatic nitrogens is 2. The summed E-state index contributed by atoms with van der Waals surface area (Å²) in [5.41, 5.74) is -2.35. The first kappa shape index (κ1) is 34.6. The number of likely N-dealkylation sites (N-methyl/N-ethyl adjacent to an activating group) is 1.